The predicted molar refractivity (Wildman–Crippen MR) is 48.8 cm³/mol. The zero-order valence-electron chi connectivity index (χ0n) is 9.83. The molecular weight excluding hydrogens is 271 g/mol. The summed E-state index contributed by atoms with van der Waals surface area (Å²) in [5.41, 5.74) is 0. The van der Waals surface area contributed by atoms with Gasteiger partial charge >= 0.3 is 44.8 Å². The van der Waals surface area contributed by atoms with Gasteiger partial charge in [-0.05, 0) is 0 Å². The molecule has 4 atom stereocenters. The maximum atomic E-state index is 10.7. The first-order valence-electron chi connectivity index (χ1n) is 3.97. The molecule has 0 spiro atoms. The first kappa shape index (κ1) is 19.7. The smallest absolute Gasteiger partial charge is 1.00 e. The van der Waals surface area contributed by atoms with Crippen molar-refractivity contribution >= 4 is 15.2 Å². The Morgan fingerprint density at radius 3 is 1.82 bits per heavy atom. The van der Waals surface area contributed by atoms with Crippen LogP contribution in [0.2, 0.25) is 0 Å². The fourth-order valence-corrected chi connectivity index (χ4v) is 1.26. The average Bonchev–Trinajstić information content (AvgIpc) is 2.22. The van der Waals surface area contributed by atoms with Crippen molar-refractivity contribution in [1.82, 2.24) is 0 Å². The molecule has 17 heavy (non-hydrogen) atoms. The molecule has 0 fully saturated rings. The van der Waals surface area contributed by atoms with Gasteiger partial charge in [0.25, 0.3) is 0 Å². The molecule has 0 aliphatic rings. The monoisotopic (exact) mass is 284 g/mol. The van der Waals surface area contributed by atoms with Crippen LogP contribution in [0, 0.1) is 0 Å². The molecule has 0 heterocycles. The van der Waals surface area contributed by atoms with Gasteiger partial charge in [0.05, 0.1) is 6.61 Å². The van der Waals surface area contributed by atoms with Crippen LogP contribution >= 0.6 is 0 Å². The second-order valence-corrected chi connectivity index (χ2v) is 4.32. The molecule has 0 saturated heterocycles. The van der Waals surface area contributed by atoms with Crippen LogP contribution in [0.3, 0.4) is 0 Å². The minimum atomic E-state index is -5.22. The van der Waals surface area contributed by atoms with E-state index in [0.29, 0.717) is 0 Å². The quantitative estimate of drug-likeness (QED) is 0.212. The van der Waals surface area contributed by atoms with Gasteiger partial charge in [-0.3, -0.25) is 9.35 Å². The Kier molecular flexibility index (Phi) is 8.97. The molecule has 0 bridgehead atoms. The first-order chi connectivity index (χ1) is 7.12. The zero-order chi connectivity index (χ0) is 13.1. The molecule has 98 valence electrons. The normalized spacial score (nSPS) is 18.7. The third-order valence-electron chi connectivity index (χ3n) is 1.75. The summed E-state index contributed by atoms with van der Waals surface area (Å²) in [6.07, 6.45) is -9.02. The van der Waals surface area contributed by atoms with Crippen LogP contribution in [-0.4, -0.2) is 74.6 Å². The van der Waals surface area contributed by atoms with Crippen LogP contribution < -0.4 is 29.6 Å². The molecule has 0 aliphatic carbocycles. The van der Waals surface area contributed by atoms with Crippen LogP contribution in [0.5, 0.6) is 0 Å². The van der Waals surface area contributed by atoms with Crippen molar-refractivity contribution in [1.29, 1.82) is 0 Å². The van der Waals surface area contributed by atoms with E-state index < -0.39 is 46.3 Å². The fourth-order valence-electron chi connectivity index (χ4n) is 0.814. The van der Waals surface area contributed by atoms with E-state index in [9.17, 15) is 13.2 Å². The predicted octanol–water partition coefficient (Wildman–Crippen LogP) is -7.05. The third-order valence-corrected chi connectivity index (χ3v) is 2.50. The minimum absolute atomic E-state index is 0. The van der Waals surface area contributed by atoms with E-state index in [1.54, 1.807) is 0 Å². The third kappa shape index (κ3) is 5.70. The van der Waals surface area contributed by atoms with Gasteiger partial charge in [-0.25, -0.2) is 0 Å². The average molecular weight is 284 g/mol. The number of hydrogen-bond acceptors (Lipinski definition) is 8. The maximum absolute atomic E-state index is 10.7. The summed E-state index contributed by atoms with van der Waals surface area (Å²) in [5.74, 6) is 0. The van der Waals surface area contributed by atoms with E-state index in [0.717, 1.165) is 0 Å². The van der Waals surface area contributed by atoms with Crippen molar-refractivity contribution in [2.24, 2.45) is 0 Å². The standard InChI is InChI=1S/C6H12O9S.Na.H/c7-1-2(8)3(9)4(10)5(11)6(12)16(13,14)15;;/h2-5,7-11H,1H2,(H,13,14,15);;/q;+1;-1/t2-,3-,4+,5-;;/m1../s1. The first-order valence-corrected chi connectivity index (χ1v) is 5.41. The van der Waals surface area contributed by atoms with Gasteiger partial charge in [0.15, 0.2) is 6.10 Å². The molecule has 11 heteroatoms. The molecule has 0 unspecified atom stereocenters. The summed E-state index contributed by atoms with van der Waals surface area (Å²) in [4.78, 5) is 10.7. The SMILES string of the molecule is O=C([C@H](O)[C@@H](O)[C@H](O)[C@H](O)CO)S(=O)(=O)O.[H-].[Na+]. The van der Waals surface area contributed by atoms with Crippen LogP contribution in [0.25, 0.3) is 0 Å². The number of aliphatic hydroxyl groups is 5. The second-order valence-electron chi connectivity index (χ2n) is 2.97. The van der Waals surface area contributed by atoms with E-state index in [2.05, 4.69) is 0 Å². The van der Waals surface area contributed by atoms with Crippen molar-refractivity contribution in [2.75, 3.05) is 6.61 Å². The largest absolute Gasteiger partial charge is 1.00 e. The molecule has 0 aliphatic heterocycles. The minimum Gasteiger partial charge on any atom is -1.00 e. The topological polar surface area (TPSA) is 173 Å². The van der Waals surface area contributed by atoms with Gasteiger partial charge in [0.2, 0.25) is 0 Å². The molecule has 0 aromatic carbocycles. The van der Waals surface area contributed by atoms with E-state index >= 15 is 0 Å². The summed E-state index contributed by atoms with van der Waals surface area (Å²) in [6.45, 7) is -0.981. The van der Waals surface area contributed by atoms with Crippen LogP contribution in [0.4, 0.5) is 0 Å². The van der Waals surface area contributed by atoms with Gasteiger partial charge in [0, 0.05) is 0 Å². The molecule has 0 amide bonds. The zero-order valence-corrected chi connectivity index (χ0v) is 11.6. The van der Waals surface area contributed by atoms with Gasteiger partial charge in [-0.2, -0.15) is 8.42 Å². The van der Waals surface area contributed by atoms with Gasteiger partial charge in [-0.15, -0.1) is 0 Å². The molecule has 9 nitrogen and oxygen atoms in total. The summed E-state index contributed by atoms with van der Waals surface area (Å²) < 4.78 is 28.8. The fraction of sp³-hybridized carbons (Fsp3) is 0.833. The summed E-state index contributed by atoms with van der Waals surface area (Å²) >= 11 is 0. The van der Waals surface area contributed by atoms with Crippen molar-refractivity contribution in [3.8, 4) is 0 Å². The van der Waals surface area contributed by atoms with E-state index in [1.165, 1.54) is 0 Å². The second kappa shape index (κ2) is 7.74. The Morgan fingerprint density at radius 1 is 1.12 bits per heavy atom. The number of hydrogen-bond donors (Lipinski definition) is 6. The van der Waals surface area contributed by atoms with Gasteiger partial charge in [-0.1, -0.05) is 0 Å². The van der Waals surface area contributed by atoms with Gasteiger partial charge < -0.3 is 27.0 Å². The summed E-state index contributed by atoms with van der Waals surface area (Å²) in [7, 11) is -5.22. The molecule has 0 rings (SSSR count). The van der Waals surface area contributed by atoms with Gasteiger partial charge in [0.1, 0.15) is 18.3 Å². The number of rotatable bonds is 5. The summed E-state index contributed by atoms with van der Waals surface area (Å²) in [6, 6.07) is 0. The van der Waals surface area contributed by atoms with Crippen molar-refractivity contribution in [3.63, 3.8) is 0 Å². The van der Waals surface area contributed by atoms with Crippen LogP contribution in [0.1, 0.15) is 1.43 Å². The Labute approximate surface area is 120 Å². The molecule has 0 aromatic heterocycles. The van der Waals surface area contributed by atoms with Crippen LogP contribution in [0.15, 0.2) is 0 Å². The Balaban J connectivity index is -0.00000112. The number of carbonyl (C=O) groups excluding carboxylic acids is 1. The molecule has 6 N–H and O–H groups in total. The molecule has 0 saturated carbocycles. The van der Waals surface area contributed by atoms with E-state index in [4.69, 9.17) is 30.1 Å². The van der Waals surface area contributed by atoms with E-state index in [-0.39, 0.29) is 31.0 Å². The molecule has 0 radical (unpaired) electrons. The Morgan fingerprint density at radius 2 is 1.53 bits per heavy atom. The van der Waals surface area contributed by atoms with E-state index in [1.807, 2.05) is 0 Å². The number of carbonyl (C=O) groups is 1. The summed E-state index contributed by atoms with van der Waals surface area (Å²) in [5, 5.41) is 42.1. The maximum Gasteiger partial charge on any atom is 1.00 e. The van der Waals surface area contributed by atoms with Crippen LogP contribution in [-0.2, 0) is 14.9 Å². The van der Waals surface area contributed by atoms with Crippen molar-refractivity contribution in [3.05, 3.63) is 0 Å². The number of aliphatic hydroxyl groups excluding tert-OH is 5. The molecule has 0 aromatic rings. The Bertz CT molecular complexity index is 347. The Hall–Kier alpha value is 0.380. The van der Waals surface area contributed by atoms with Crippen molar-refractivity contribution < 1.29 is 74.3 Å². The molecular formula is C6H13NaO9S. The van der Waals surface area contributed by atoms with Crippen molar-refractivity contribution in [2.45, 2.75) is 24.4 Å².